The van der Waals surface area contributed by atoms with E-state index in [0.29, 0.717) is 35.2 Å². The van der Waals surface area contributed by atoms with Crippen molar-refractivity contribution >= 4 is 47.9 Å². The molecule has 0 bridgehead atoms. The van der Waals surface area contributed by atoms with Gasteiger partial charge in [-0.3, -0.25) is 14.1 Å². The minimum atomic E-state index is -3.67. The van der Waals surface area contributed by atoms with Crippen molar-refractivity contribution in [1.82, 2.24) is 19.9 Å². The number of hydrogen-bond donors (Lipinski definition) is 3. The lowest BCUT2D eigenvalue weighted by molar-refractivity contribution is 0.488. The molecule has 0 saturated carbocycles. The second-order valence-corrected chi connectivity index (χ2v) is 10.8. The minimum absolute atomic E-state index is 0.337. The Morgan fingerprint density at radius 3 is 2.00 bits per heavy atom. The molecule has 4 N–H and O–H groups in total. The molecule has 38 heavy (non-hydrogen) atoms. The summed E-state index contributed by atoms with van der Waals surface area (Å²) in [5.41, 5.74) is 9.02. The Morgan fingerprint density at radius 1 is 0.737 bits per heavy atom. The third kappa shape index (κ3) is 7.94. The number of benzene rings is 1. The second kappa shape index (κ2) is 11.5. The van der Waals surface area contributed by atoms with Crippen LogP contribution >= 0.6 is 0 Å². The van der Waals surface area contributed by atoms with Crippen LogP contribution < -0.4 is 5.73 Å². The van der Waals surface area contributed by atoms with Crippen LogP contribution in [0.5, 0.6) is 0 Å². The Hall–Kier alpha value is -4.11. The van der Waals surface area contributed by atoms with E-state index in [1.807, 2.05) is 30.3 Å². The fraction of sp³-hybridized carbons (Fsp3) is 0.0833. The van der Waals surface area contributed by atoms with Crippen LogP contribution in [0.1, 0.15) is 0 Å². The molecule has 0 aliphatic heterocycles. The summed E-state index contributed by atoms with van der Waals surface area (Å²) in [6.07, 6.45) is 6.45. The van der Waals surface area contributed by atoms with E-state index >= 15 is 0 Å². The van der Waals surface area contributed by atoms with Gasteiger partial charge >= 0.3 is 0 Å². The van der Waals surface area contributed by atoms with Gasteiger partial charge in [0.2, 0.25) is 0 Å². The summed E-state index contributed by atoms with van der Waals surface area (Å²) in [7, 11) is -7.33. The molecule has 11 nitrogen and oxygen atoms in total. The number of halogens is 1. The maximum Gasteiger partial charge on any atom is 0.261 e. The molecule has 0 atom stereocenters. The van der Waals surface area contributed by atoms with Crippen molar-refractivity contribution in [3.8, 4) is 22.5 Å². The lowest BCUT2D eigenvalue weighted by Crippen LogP contribution is -1.97. The maximum atomic E-state index is 14.4. The monoisotopic (exact) mass is 559 g/mol. The number of nitrogen functional groups attached to an aromatic ring is 1. The van der Waals surface area contributed by atoms with Gasteiger partial charge < -0.3 is 5.73 Å². The Kier molecular flexibility index (Phi) is 8.63. The van der Waals surface area contributed by atoms with Crippen LogP contribution in [-0.2, 0) is 20.2 Å². The number of fused-ring (bicyclic) bond motifs is 2. The van der Waals surface area contributed by atoms with Gasteiger partial charge in [-0.2, -0.15) is 16.8 Å². The van der Waals surface area contributed by atoms with Crippen LogP contribution in [0.4, 0.5) is 10.2 Å². The molecule has 0 aliphatic rings. The van der Waals surface area contributed by atoms with E-state index in [9.17, 15) is 21.2 Å². The second-order valence-electron chi connectivity index (χ2n) is 7.83. The van der Waals surface area contributed by atoms with Crippen LogP contribution in [0.25, 0.3) is 44.3 Å². The minimum Gasteiger partial charge on any atom is -0.383 e. The smallest absolute Gasteiger partial charge is 0.261 e. The van der Waals surface area contributed by atoms with E-state index in [4.69, 9.17) is 14.8 Å². The van der Waals surface area contributed by atoms with Gasteiger partial charge in [-0.15, -0.1) is 0 Å². The first-order chi connectivity index (χ1) is 17.7. The molecule has 198 valence electrons. The highest BCUT2D eigenvalue weighted by Crippen LogP contribution is 2.35. The predicted molar refractivity (Wildman–Crippen MR) is 143 cm³/mol. The number of pyridine rings is 4. The SMILES string of the molecule is CS(=O)(=O)O.CS(=O)(=O)O.Nc1nccc2c(-c3cc(-c4ccccc4F)nc4ncccc34)nccc12. The highest BCUT2D eigenvalue weighted by atomic mass is 32.2. The van der Waals surface area contributed by atoms with Crippen LogP contribution in [0, 0.1) is 5.82 Å². The van der Waals surface area contributed by atoms with E-state index in [1.54, 1.807) is 36.8 Å². The molecule has 0 fully saturated rings. The first-order valence-corrected chi connectivity index (χ1v) is 14.3. The molecular formula is C24H22FN5O6S2. The lowest BCUT2D eigenvalue weighted by atomic mass is 9.99. The van der Waals surface area contributed by atoms with Crippen molar-refractivity contribution in [2.24, 2.45) is 0 Å². The van der Waals surface area contributed by atoms with Crippen molar-refractivity contribution in [1.29, 1.82) is 0 Å². The average molecular weight is 560 g/mol. The predicted octanol–water partition coefficient (Wildman–Crippen LogP) is 3.64. The van der Waals surface area contributed by atoms with Gasteiger partial charge in [0.05, 0.1) is 23.9 Å². The van der Waals surface area contributed by atoms with Crippen LogP contribution in [-0.4, -0.2) is 58.4 Å². The third-order valence-corrected chi connectivity index (χ3v) is 4.71. The van der Waals surface area contributed by atoms with E-state index in [0.717, 1.165) is 27.4 Å². The Morgan fingerprint density at radius 2 is 1.34 bits per heavy atom. The molecule has 0 aliphatic carbocycles. The molecule has 0 radical (unpaired) electrons. The summed E-state index contributed by atoms with van der Waals surface area (Å²) in [6.45, 7) is 0. The normalized spacial score (nSPS) is 11.3. The van der Waals surface area contributed by atoms with Gasteiger partial charge in [0, 0.05) is 45.9 Å². The topological polar surface area (TPSA) is 186 Å². The highest BCUT2D eigenvalue weighted by Gasteiger charge is 2.16. The molecule has 0 spiro atoms. The van der Waals surface area contributed by atoms with Gasteiger partial charge in [-0.1, -0.05) is 12.1 Å². The summed E-state index contributed by atoms with van der Waals surface area (Å²) < 4.78 is 66.2. The summed E-state index contributed by atoms with van der Waals surface area (Å²) in [5, 5.41) is 2.51. The van der Waals surface area contributed by atoms with Gasteiger partial charge in [-0.25, -0.2) is 19.3 Å². The van der Waals surface area contributed by atoms with Crippen LogP contribution in [0.3, 0.4) is 0 Å². The number of rotatable bonds is 2. The van der Waals surface area contributed by atoms with Gasteiger partial charge in [0.25, 0.3) is 20.2 Å². The highest BCUT2D eigenvalue weighted by molar-refractivity contribution is 7.85. The molecule has 4 heterocycles. The quantitative estimate of drug-likeness (QED) is 0.268. The molecule has 4 aromatic heterocycles. The zero-order chi connectivity index (χ0) is 28.1. The molecule has 0 saturated heterocycles. The summed E-state index contributed by atoms with van der Waals surface area (Å²) in [5.74, 6) is 0.0996. The van der Waals surface area contributed by atoms with Crippen LogP contribution in [0.2, 0.25) is 0 Å². The Balaban J connectivity index is 0.000000344. The molecule has 0 amide bonds. The number of nitrogens with zero attached hydrogens (tertiary/aromatic N) is 4. The van der Waals surface area contributed by atoms with Gasteiger partial charge in [-0.05, 0) is 42.5 Å². The number of anilines is 1. The molecule has 14 heteroatoms. The van der Waals surface area contributed by atoms with Crippen molar-refractivity contribution in [2.75, 3.05) is 18.2 Å². The first-order valence-electron chi connectivity index (χ1n) is 10.6. The Bertz CT molecular complexity index is 1790. The van der Waals surface area contributed by atoms with Crippen molar-refractivity contribution < 1.29 is 30.3 Å². The van der Waals surface area contributed by atoms with E-state index in [2.05, 4.69) is 19.9 Å². The maximum absolute atomic E-state index is 14.4. The molecule has 1 aromatic carbocycles. The standard InChI is InChI=1S/C22H14FN5.2CH4O3S/c23-18-6-2-1-4-16(18)19-12-17(15-5-3-9-27-22(15)28-19)20-13-7-11-26-21(24)14(13)8-10-25-20;2*1-5(2,3)4/h1-12H,(H2,24,26);2*1H3,(H,2,3,4). The van der Waals surface area contributed by atoms with Crippen molar-refractivity contribution in [3.05, 3.63) is 79.0 Å². The first kappa shape index (κ1) is 28.5. The fourth-order valence-corrected chi connectivity index (χ4v) is 3.40. The average Bonchev–Trinajstić information content (AvgIpc) is 2.82. The Labute approximate surface area is 217 Å². The number of hydrogen-bond acceptors (Lipinski definition) is 9. The fourth-order valence-electron chi connectivity index (χ4n) is 3.40. The largest absolute Gasteiger partial charge is 0.383 e. The van der Waals surface area contributed by atoms with E-state index < -0.39 is 20.2 Å². The number of nitrogens with two attached hydrogens (primary N) is 1. The number of aromatic nitrogens is 4. The lowest BCUT2D eigenvalue weighted by Gasteiger charge is -2.12. The summed E-state index contributed by atoms with van der Waals surface area (Å²) in [6, 6.07) is 15.9. The van der Waals surface area contributed by atoms with Crippen LogP contribution in [0.15, 0.2) is 73.2 Å². The molecular weight excluding hydrogens is 537 g/mol. The van der Waals surface area contributed by atoms with Gasteiger partial charge in [0.1, 0.15) is 11.6 Å². The van der Waals surface area contributed by atoms with Crippen molar-refractivity contribution in [2.45, 2.75) is 0 Å². The summed E-state index contributed by atoms with van der Waals surface area (Å²) >= 11 is 0. The molecule has 0 unspecified atom stereocenters. The third-order valence-electron chi connectivity index (χ3n) is 4.71. The molecule has 5 aromatic rings. The van der Waals surface area contributed by atoms with Gasteiger partial charge in [0.15, 0.2) is 5.65 Å². The zero-order valence-corrected chi connectivity index (χ0v) is 21.6. The van der Waals surface area contributed by atoms with E-state index in [1.165, 1.54) is 6.07 Å². The zero-order valence-electron chi connectivity index (χ0n) is 20.0. The summed E-state index contributed by atoms with van der Waals surface area (Å²) in [4.78, 5) is 17.7. The van der Waals surface area contributed by atoms with Crippen molar-refractivity contribution in [3.63, 3.8) is 0 Å². The molecule has 5 rings (SSSR count). The van der Waals surface area contributed by atoms with E-state index in [-0.39, 0.29) is 5.82 Å².